The van der Waals surface area contributed by atoms with E-state index in [1.54, 1.807) is 24.5 Å². The Morgan fingerprint density at radius 3 is 2.80 bits per heavy atom. The summed E-state index contributed by atoms with van der Waals surface area (Å²) in [6.45, 7) is 8.15. The number of rotatable bonds is 4. The summed E-state index contributed by atoms with van der Waals surface area (Å²) in [5, 5.41) is 0.322. The average Bonchev–Trinajstić information content (AvgIpc) is 3.01. The summed E-state index contributed by atoms with van der Waals surface area (Å²) in [6.07, 6.45) is 1.72. The van der Waals surface area contributed by atoms with Gasteiger partial charge in [-0.25, -0.2) is 4.79 Å². The van der Waals surface area contributed by atoms with Gasteiger partial charge in [0.05, 0.1) is 18.8 Å². The Hall–Kier alpha value is -0.440. The third kappa shape index (κ3) is 4.12. The van der Waals surface area contributed by atoms with Crippen molar-refractivity contribution in [3.05, 3.63) is 32.6 Å². The fourth-order valence-corrected chi connectivity index (χ4v) is 9.15. The van der Waals surface area contributed by atoms with Crippen LogP contribution in [0.1, 0.15) is 39.0 Å². The van der Waals surface area contributed by atoms with Gasteiger partial charge >= 0.3 is 5.69 Å². The van der Waals surface area contributed by atoms with Crippen LogP contribution in [0.5, 0.6) is 0 Å². The van der Waals surface area contributed by atoms with Crippen molar-refractivity contribution in [2.45, 2.75) is 57.8 Å². The third-order valence-corrected chi connectivity index (χ3v) is 10.4. The minimum Gasteiger partial charge on any atom is -0.352 e. The highest BCUT2D eigenvalue weighted by atomic mass is 32.9. The van der Waals surface area contributed by atoms with Crippen LogP contribution in [-0.2, 0) is 25.6 Å². The van der Waals surface area contributed by atoms with E-state index in [2.05, 4.69) is 18.8 Å². The van der Waals surface area contributed by atoms with E-state index in [9.17, 15) is 9.59 Å². The molecule has 2 fully saturated rings. The van der Waals surface area contributed by atoms with Crippen LogP contribution < -0.4 is 11.2 Å². The number of ether oxygens (including phenoxy) is 1. The van der Waals surface area contributed by atoms with Crippen LogP contribution in [0.4, 0.5) is 0 Å². The lowest BCUT2D eigenvalue weighted by Gasteiger charge is -2.20. The molecule has 25 heavy (non-hydrogen) atoms. The molecule has 2 saturated heterocycles. The molecule has 3 rings (SSSR count). The van der Waals surface area contributed by atoms with Crippen molar-refractivity contribution in [1.29, 1.82) is 0 Å². The second-order valence-corrected chi connectivity index (χ2v) is 13.2. The molecule has 0 amide bonds. The second kappa shape index (κ2) is 7.29. The number of aryl methyl sites for hydroxylation is 1. The van der Waals surface area contributed by atoms with Gasteiger partial charge in [0, 0.05) is 17.0 Å². The van der Waals surface area contributed by atoms with E-state index in [0.717, 1.165) is 0 Å². The highest BCUT2D eigenvalue weighted by molar-refractivity contribution is 8.68. The molecule has 1 unspecified atom stereocenters. The van der Waals surface area contributed by atoms with Gasteiger partial charge in [-0.05, 0) is 38.0 Å². The molecule has 2 aliphatic rings. The molecular weight excluding hydrogens is 383 g/mol. The number of nitrogens with one attached hydrogen (secondary N) is 1. The Labute approximate surface area is 155 Å². The predicted octanol–water partition coefficient (Wildman–Crippen LogP) is 2.55. The molecule has 10 heteroatoms. The molecule has 1 aromatic heterocycles. The van der Waals surface area contributed by atoms with Crippen molar-refractivity contribution in [3.8, 4) is 0 Å². The van der Waals surface area contributed by atoms with Crippen LogP contribution in [0.2, 0.25) is 0 Å². The summed E-state index contributed by atoms with van der Waals surface area (Å²) in [5.74, 6) is 0.202. The molecule has 0 aromatic carbocycles. The summed E-state index contributed by atoms with van der Waals surface area (Å²) in [7, 11) is 0. The van der Waals surface area contributed by atoms with Crippen molar-refractivity contribution in [2.75, 3.05) is 6.61 Å². The molecule has 6 atom stereocenters. The first-order chi connectivity index (χ1) is 11.7. The first kappa shape index (κ1) is 19.3. The quantitative estimate of drug-likeness (QED) is 0.770. The molecule has 140 valence electrons. The van der Waals surface area contributed by atoms with E-state index in [1.807, 2.05) is 6.92 Å². The molecule has 0 radical (unpaired) electrons. The summed E-state index contributed by atoms with van der Waals surface area (Å²) < 4.78 is 19.2. The van der Waals surface area contributed by atoms with E-state index in [0.29, 0.717) is 23.8 Å². The van der Waals surface area contributed by atoms with Crippen LogP contribution in [0.15, 0.2) is 15.8 Å². The molecule has 0 spiro atoms. The zero-order valence-electron chi connectivity index (χ0n) is 14.6. The lowest BCUT2D eigenvalue weighted by molar-refractivity contribution is -0.0266. The van der Waals surface area contributed by atoms with Gasteiger partial charge in [0.25, 0.3) is 5.56 Å². The third-order valence-electron chi connectivity index (χ3n) is 4.64. The van der Waals surface area contributed by atoms with Crippen LogP contribution in [0.25, 0.3) is 0 Å². The van der Waals surface area contributed by atoms with E-state index >= 15 is 0 Å². The normalized spacial score (nSPS) is 38.3. The fraction of sp³-hybridized carbons (Fsp3) is 0.733. The SMILES string of the molecule is Cc1cn([C@H]2C[C@H](C)[C@@H](COP3(=S)O[C@H](C)[C@H](C)S3)O2)c(=O)[nH]c1=O. The second-order valence-electron chi connectivity index (χ2n) is 6.68. The van der Waals surface area contributed by atoms with Gasteiger partial charge in [0.2, 0.25) is 5.69 Å². The van der Waals surface area contributed by atoms with Crippen molar-refractivity contribution < 1.29 is 13.8 Å². The molecule has 0 bridgehead atoms. The van der Waals surface area contributed by atoms with Crippen LogP contribution in [-0.4, -0.2) is 33.6 Å². The highest BCUT2D eigenvalue weighted by Gasteiger charge is 2.40. The zero-order chi connectivity index (χ0) is 18.4. The van der Waals surface area contributed by atoms with Crippen molar-refractivity contribution in [2.24, 2.45) is 5.92 Å². The summed E-state index contributed by atoms with van der Waals surface area (Å²) in [6, 6.07) is 0. The van der Waals surface area contributed by atoms with E-state index in [1.165, 1.54) is 4.57 Å². The number of nitrogens with zero attached hydrogens (tertiary/aromatic N) is 1. The number of hydrogen-bond donors (Lipinski definition) is 1. The first-order valence-electron chi connectivity index (χ1n) is 8.27. The number of aromatic amines is 1. The Kier molecular flexibility index (Phi) is 5.63. The van der Waals surface area contributed by atoms with Crippen molar-refractivity contribution in [3.63, 3.8) is 0 Å². The fourth-order valence-electron chi connectivity index (χ4n) is 2.87. The molecule has 1 N–H and O–H groups in total. The minimum absolute atomic E-state index is 0.0909. The smallest absolute Gasteiger partial charge is 0.330 e. The van der Waals surface area contributed by atoms with Crippen LogP contribution >= 0.6 is 17.1 Å². The molecule has 1 aromatic rings. The maximum absolute atomic E-state index is 12.0. The van der Waals surface area contributed by atoms with E-state index in [4.69, 9.17) is 25.6 Å². The average molecular weight is 406 g/mol. The van der Waals surface area contributed by atoms with Gasteiger partial charge in [-0.15, -0.1) is 0 Å². The lowest BCUT2D eigenvalue weighted by atomic mass is 10.0. The molecule has 2 aliphatic heterocycles. The van der Waals surface area contributed by atoms with Gasteiger partial charge in [-0.3, -0.25) is 14.3 Å². The predicted molar refractivity (Wildman–Crippen MR) is 102 cm³/mol. The number of hydrogen-bond acceptors (Lipinski definition) is 7. The number of aromatic nitrogens is 2. The zero-order valence-corrected chi connectivity index (χ0v) is 17.2. The molecule has 0 saturated carbocycles. The summed E-state index contributed by atoms with van der Waals surface area (Å²) in [5.41, 5.74) is -2.68. The van der Waals surface area contributed by atoms with Crippen molar-refractivity contribution in [1.82, 2.24) is 9.55 Å². The Bertz CT molecular complexity index is 796. The first-order valence-corrected chi connectivity index (χ1v) is 12.4. The van der Waals surface area contributed by atoms with Crippen LogP contribution in [0.3, 0.4) is 0 Å². The van der Waals surface area contributed by atoms with E-state index < -0.39 is 17.6 Å². The Morgan fingerprint density at radius 1 is 1.44 bits per heavy atom. The van der Waals surface area contributed by atoms with Crippen LogP contribution in [0, 0.1) is 12.8 Å². The minimum atomic E-state index is -2.32. The highest BCUT2D eigenvalue weighted by Crippen LogP contribution is 2.69. The molecule has 0 aliphatic carbocycles. The largest absolute Gasteiger partial charge is 0.352 e. The van der Waals surface area contributed by atoms with Gasteiger partial charge in [-0.2, -0.15) is 0 Å². The Balaban J connectivity index is 1.66. The maximum atomic E-state index is 12.0. The van der Waals surface area contributed by atoms with E-state index in [-0.39, 0.29) is 23.7 Å². The molecule has 3 heterocycles. The molecular formula is C15H23N2O5PS2. The molecule has 7 nitrogen and oxygen atoms in total. The summed E-state index contributed by atoms with van der Waals surface area (Å²) >= 11 is 7.14. The number of H-pyrrole nitrogens is 1. The topological polar surface area (TPSA) is 82.6 Å². The summed E-state index contributed by atoms with van der Waals surface area (Å²) in [4.78, 5) is 25.9. The van der Waals surface area contributed by atoms with Gasteiger partial charge in [0.1, 0.15) is 6.23 Å². The standard InChI is InChI=1S/C15H23N2O5PS2/c1-8-5-13(17-6-9(2)14(18)16-15(17)19)21-12(8)7-20-23(24)22-10(3)11(4)25-23/h6,8,10-13H,5,7H2,1-4H3,(H,16,18,19)/t8-,10+,11-,12+,13+,23?/m0/s1. The lowest BCUT2D eigenvalue weighted by Crippen LogP contribution is -2.33. The van der Waals surface area contributed by atoms with Gasteiger partial charge < -0.3 is 13.8 Å². The Morgan fingerprint density at radius 2 is 2.16 bits per heavy atom. The van der Waals surface area contributed by atoms with Crippen molar-refractivity contribution >= 4 is 28.9 Å². The maximum Gasteiger partial charge on any atom is 0.330 e. The monoisotopic (exact) mass is 406 g/mol. The van der Waals surface area contributed by atoms with Gasteiger partial charge in [-0.1, -0.05) is 25.2 Å². The van der Waals surface area contributed by atoms with Gasteiger partial charge in [0.15, 0.2) is 0 Å².